The van der Waals surface area contributed by atoms with Crippen molar-refractivity contribution in [2.45, 2.75) is 32.2 Å². The van der Waals surface area contributed by atoms with Gasteiger partial charge in [-0.15, -0.1) is 5.10 Å². The molecule has 2 aromatic rings. The first kappa shape index (κ1) is 16.9. The minimum Gasteiger partial charge on any atom is -0.346 e. The van der Waals surface area contributed by atoms with Crippen molar-refractivity contribution in [3.8, 4) is 0 Å². The van der Waals surface area contributed by atoms with Crippen LogP contribution in [0, 0.1) is 0 Å². The van der Waals surface area contributed by atoms with Gasteiger partial charge in [-0.2, -0.15) is 0 Å². The Morgan fingerprint density at radius 3 is 2.88 bits per heavy atom. The zero-order chi connectivity index (χ0) is 17.1. The second kappa shape index (κ2) is 7.27. The lowest BCUT2D eigenvalue weighted by molar-refractivity contribution is -0.117. The van der Waals surface area contributed by atoms with Gasteiger partial charge >= 0.3 is 0 Å². The number of anilines is 1. The van der Waals surface area contributed by atoms with Gasteiger partial charge in [0.2, 0.25) is 5.91 Å². The quantitative estimate of drug-likeness (QED) is 0.885. The van der Waals surface area contributed by atoms with Crippen molar-refractivity contribution < 1.29 is 9.59 Å². The van der Waals surface area contributed by atoms with Gasteiger partial charge in [0, 0.05) is 23.7 Å². The average Bonchev–Trinajstić information content (AvgIpc) is 3.15. The molecular weight excluding hydrogens is 348 g/mol. The van der Waals surface area contributed by atoms with Gasteiger partial charge in [-0.1, -0.05) is 29.4 Å². The third-order valence-electron chi connectivity index (χ3n) is 3.85. The predicted octanol–water partition coefficient (Wildman–Crippen LogP) is 2.68. The highest BCUT2D eigenvalue weighted by atomic mass is 35.5. The van der Waals surface area contributed by atoms with Gasteiger partial charge in [0.05, 0.1) is 11.7 Å². The summed E-state index contributed by atoms with van der Waals surface area (Å²) < 4.78 is 3.86. The average molecular weight is 365 g/mol. The van der Waals surface area contributed by atoms with Gasteiger partial charge in [-0.25, -0.2) is 0 Å². The number of carbonyl (C=O) groups is 2. The van der Waals surface area contributed by atoms with Crippen LogP contribution in [0.25, 0.3) is 0 Å². The highest BCUT2D eigenvalue weighted by molar-refractivity contribution is 7.08. The largest absolute Gasteiger partial charge is 0.346 e. The fraction of sp³-hybridized carbons (Fsp3) is 0.375. The lowest BCUT2D eigenvalue weighted by Gasteiger charge is -2.17. The van der Waals surface area contributed by atoms with E-state index in [1.165, 1.54) is 0 Å². The normalized spacial score (nSPS) is 17.3. The molecule has 0 unspecified atom stereocenters. The third kappa shape index (κ3) is 3.57. The molecule has 1 N–H and O–H groups in total. The molecular formula is C16H17ClN4O2S. The van der Waals surface area contributed by atoms with Gasteiger partial charge in [-0.05, 0) is 42.2 Å². The number of hydrogen-bond acceptors (Lipinski definition) is 5. The molecule has 1 atom stereocenters. The minimum atomic E-state index is -0.225. The van der Waals surface area contributed by atoms with Crippen molar-refractivity contribution in [3.05, 3.63) is 39.9 Å². The SMILES string of the molecule is CCCc1nnsc1C(=O)N[C@@H]1CC(=O)N(c2ccc(Cl)cc2)C1. The van der Waals surface area contributed by atoms with Crippen molar-refractivity contribution in [2.24, 2.45) is 0 Å². The highest BCUT2D eigenvalue weighted by Crippen LogP contribution is 2.24. The van der Waals surface area contributed by atoms with Crippen molar-refractivity contribution in [1.29, 1.82) is 0 Å². The van der Waals surface area contributed by atoms with E-state index < -0.39 is 0 Å². The first-order valence-electron chi connectivity index (χ1n) is 7.76. The zero-order valence-electron chi connectivity index (χ0n) is 13.2. The number of aromatic nitrogens is 2. The van der Waals surface area contributed by atoms with E-state index in [9.17, 15) is 9.59 Å². The number of benzene rings is 1. The molecule has 24 heavy (non-hydrogen) atoms. The van der Waals surface area contributed by atoms with Crippen LogP contribution in [0.1, 0.15) is 35.1 Å². The van der Waals surface area contributed by atoms with Crippen molar-refractivity contribution in [1.82, 2.24) is 14.9 Å². The number of halogens is 1. The molecule has 8 heteroatoms. The molecule has 1 aliphatic rings. The molecule has 0 aliphatic carbocycles. The maximum absolute atomic E-state index is 12.4. The first-order valence-corrected chi connectivity index (χ1v) is 8.91. The first-order chi connectivity index (χ1) is 11.6. The highest BCUT2D eigenvalue weighted by Gasteiger charge is 2.32. The summed E-state index contributed by atoms with van der Waals surface area (Å²) in [5.41, 5.74) is 1.51. The molecule has 1 aliphatic heterocycles. The number of rotatable bonds is 5. The number of nitrogens with zero attached hydrogens (tertiary/aromatic N) is 3. The molecule has 126 valence electrons. The maximum Gasteiger partial charge on any atom is 0.265 e. The Bertz CT molecular complexity index is 747. The molecule has 0 saturated carbocycles. The Morgan fingerprint density at radius 1 is 1.42 bits per heavy atom. The fourth-order valence-corrected chi connectivity index (χ4v) is 3.44. The molecule has 0 bridgehead atoms. The molecule has 2 amide bonds. The number of nitrogens with one attached hydrogen (secondary N) is 1. The second-order valence-electron chi connectivity index (χ2n) is 5.65. The molecule has 1 fully saturated rings. The van der Waals surface area contributed by atoms with Crippen LogP contribution in [0.15, 0.2) is 24.3 Å². The fourth-order valence-electron chi connectivity index (χ4n) is 2.71. The zero-order valence-corrected chi connectivity index (χ0v) is 14.7. The Hall–Kier alpha value is -1.99. The van der Waals surface area contributed by atoms with Crippen molar-refractivity contribution in [3.63, 3.8) is 0 Å². The van der Waals surface area contributed by atoms with E-state index >= 15 is 0 Å². The standard InChI is InChI=1S/C16H17ClN4O2S/c1-2-3-13-15(24-20-19-13)16(23)18-11-8-14(22)21(9-11)12-6-4-10(17)5-7-12/h4-7,11H,2-3,8-9H2,1H3,(H,18,23)/t11-/m1/s1. The van der Waals surface area contributed by atoms with Gasteiger partial charge in [0.15, 0.2) is 0 Å². The Kier molecular flexibility index (Phi) is 5.11. The van der Waals surface area contributed by atoms with Gasteiger partial charge in [-0.3, -0.25) is 9.59 Å². The summed E-state index contributed by atoms with van der Waals surface area (Å²) in [6.07, 6.45) is 1.90. The Morgan fingerprint density at radius 2 is 2.17 bits per heavy atom. The van der Waals surface area contributed by atoms with E-state index in [1.54, 1.807) is 29.2 Å². The van der Waals surface area contributed by atoms with Crippen LogP contribution in [0.4, 0.5) is 5.69 Å². The topological polar surface area (TPSA) is 75.2 Å². The summed E-state index contributed by atoms with van der Waals surface area (Å²) >= 11 is 6.97. The number of carbonyl (C=O) groups excluding carboxylic acids is 2. The third-order valence-corrected chi connectivity index (χ3v) is 4.87. The summed E-state index contributed by atoms with van der Waals surface area (Å²) in [7, 11) is 0. The molecule has 6 nitrogen and oxygen atoms in total. The number of hydrogen-bond donors (Lipinski definition) is 1. The predicted molar refractivity (Wildman–Crippen MR) is 93.6 cm³/mol. The summed E-state index contributed by atoms with van der Waals surface area (Å²) in [4.78, 5) is 26.9. The van der Waals surface area contributed by atoms with Crippen LogP contribution >= 0.6 is 23.1 Å². The van der Waals surface area contributed by atoms with Crippen LogP contribution in [0.2, 0.25) is 5.02 Å². The molecule has 1 aromatic carbocycles. The summed E-state index contributed by atoms with van der Waals surface area (Å²) in [5.74, 6) is -0.219. The minimum absolute atomic E-state index is 0.0150. The summed E-state index contributed by atoms with van der Waals surface area (Å²) in [6, 6.07) is 6.87. The van der Waals surface area contributed by atoms with Crippen molar-refractivity contribution in [2.75, 3.05) is 11.4 Å². The lowest BCUT2D eigenvalue weighted by atomic mass is 10.2. The summed E-state index contributed by atoms with van der Waals surface area (Å²) in [6.45, 7) is 2.47. The van der Waals surface area contributed by atoms with E-state index in [4.69, 9.17) is 11.6 Å². The molecule has 0 radical (unpaired) electrons. The smallest absolute Gasteiger partial charge is 0.265 e. The van der Waals surface area contributed by atoms with Gasteiger partial charge < -0.3 is 10.2 Å². The van der Waals surface area contributed by atoms with E-state index in [0.717, 1.165) is 35.8 Å². The Balaban J connectivity index is 1.66. The number of aryl methyl sites for hydroxylation is 1. The molecule has 1 saturated heterocycles. The van der Waals surface area contributed by atoms with Crippen LogP contribution in [-0.2, 0) is 11.2 Å². The molecule has 1 aromatic heterocycles. The van der Waals surface area contributed by atoms with Crippen LogP contribution in [0.3, 0.4) is 0 Å². The summed E-state index contributed by atoms with van der Waals surface area (Å²) in [5, 5.41) is 7.55. The van der Waals surface area contributed by atoms with Crippen LogP contribution < -0.4 is 10.2 Å². The van der Waals surface area contributed by atoms with Gasteiger partial charge in [0.25, 0.3) is 5.91 Å². The molecule has 2 heterocycles. The monoisotopic (exact) mass is 364 g/mol. The maximum atomic E-state index is 12.4. The molecule has 3 rings (SSSR count). The molecule has 0 spiro atoms. The van der Waals surface area contributed by atoms with Crippen molar-refractivity contribution >= 4 is 40.6 Å². The van der Waals surface area contributed by atoms with E-state index in [1.807, 2.05) is 6.92 Å². The Labute approximate surface area is 149 Å². The second-order valence-corrected chi connectivity index (χ2v) is 6.84. The van der Waals surface area contributed by atoms with E-state index in [2.05, 4.69) is 14.9 Å². The van der Waals surface area contributed by atoms with Gasteiger partial charge in [0.1, 0.15) is 4.88 Å². The van der Waals surface area contributed by atoms with E-state index in [0.29, 0.717) is 16.4 Å². The van der Waals surface area contributed by atoms with Crippen LogP contribution in [0.5, 0.6) is 0 Å². The lowest BCUT2D eigenvalue weighted by Crippen LogP contribution is -2.37. The van der Waals surface area contributed by atoms with Crippen LogP contribution in [-0.4, -0.2) is 34.0 Å². The van der Waals surface area contributed by atoms with E-state index in [-0.39, 0.29) is 24.3 Å². The number of amides is 2.